The third-order valence-corrected chi connectivity index (χ3v) is 3.70. The summed E-state index contributed by atoms with van der Waals surface area (Å²) in [5.41, 5.74) is 2.81. The van der Waals surface area contributed by atoms with Gasteiger partial charge in [0.05, 0.1) is 5.56 Å². The van der Waals surface area contributed by atoms with E-state index in [2.05, 4.69) is 10.3 Å². The van der Waals surface area contributed by atoms with Gasteiger partial charge in [-0.1, -0.05) is 41.9 Å². The van der Waals surface area contributed by atoms with E-state index in [1.807, 2.05) is 48.5 Å². The summed E-state index contributed by atoms with van der Waals surface area (Å²) in [6.45, 7) is 0.597. The average molecular weight is 299 g/mol. The zero-order valence-electron chi connectivity index (χ0n) is 11.4. The molecule has 21 heavy (non-hydrogen) atoms. The quantitative estimate of drug-likeness (QED) is 0.756. The number of carbonyl (C=O) groups is 1. The van der Waals surface area contributed by atoms with E-state index in [1.54, 1.807) is 6.20 Å². The lowest BCUT2D eigenvalue weighted by Crippen LogP contribution is -2.25. The number of aromatic amines is 1. The number of rotatable bonds is 4. The zero-order chi connectivity index (χ0) is 14.7. The Bertz CT molecular complexity index is 762. The van der Waals surface area contributed by atoms with Crippen LogP contribution < -0.4 is 5.32 Å². The molecule has 3 aromatic rings. The molecule has 0 aliphatic heterocycles. The van der Waals surface area contributed by atoms with Crippen LogP contribution in [0.1, 0.15) is 15.9 Å². The van der Waals surface area contributed by atoms with E-state index in [1.165, 1.54) is 0 Å². The maximum atomic E-state index is 12.2. The SMILES string of the molecule is O=C(NCCc1ccc(Cl)cc1)c1c[nH]c2ccccc12. The molecule has 0 fully saturated rings. The van der Waals surface area contributed by atoms with Crippen LogP contribution in [0.3, 0.4) is 0 Å². The Hall–Kier alpha value is -2.26. The van der Waals surface area contributed by atoms with Crippen LogP contribution in [0.15, 0.2) is 54.7 Å². The number of H-pyrrole nitrogens is 1. The van der Waals surface area contributed by atoms with Gasteiger partial charge in [-0.25, -0.2) is 0 Å². The number of amides is 1. The molecule has 3 rings (SSSR count). The van der Waals surface area contributed by atoms with E-state index in [4.69, 9.17) is 11.6 Å². The number of aromatic nitrogens is 1. The molecule has 0 saturated carbocycles. The molecule has 0 spiro atoms. The molecule has 1 heterocycles. The highest BCUT2D eigenvalue weighted by Crippen LogP contribution is 2.17. The summed E-state index contributed by atoms with van der Waals surface area (Å²) < 4.78 is 0. The number of nitrogens with one attached hydrogen (secondary N) is 2. The summed E-state index contributed by atoms with van der Waals surface area (Å²) in [6, 6.07) is 15.4. The molecule has 4 heteroatoms. The van der Waals surface area contributed by atoms with Gasteiger partial charge in [-0.3, -0.25) is 4.79 Å². The molecular weight excluding hydrogens is 284 g/mol. The van der Waals surface area contributed by atoms with Crippen LogP contribution in [0.25, 0.3) is 10.9 Å². The Morgan fingerprint density at radius 1 is 1.10 bits per heavy atom. The fraction of sp³-hybridized carbons (Fsp3) is 0.118. The average Bonchev–Trinajstić information content (AvgIpc) is 2.93. The van der Waals surface area contributed by atoms with Gasteiger partial charge in [0.25, 0.3) is 5.91 Å². The van der Waals surface area contributed by atoms with Crippen molar-refractivity contribution in [3.63, 3.8) is 0 Å². The minimum absolute atomic E-state index is 0.0542. The van der Waals surface area contributed by atoms with Gasteiger partial charge >= 0.3 is 0 Å². The van der Waals surface area contributed by atoms with E-state index in [0.717, 1.165) is 27.9 Å². The van der Waals surface area contributed by atoms with E-state index in [-0.39, 0.29) is 5.91 Å². The molecule has 0 radical (unpaired) electrons. The van der Waals surface area contributed by atoms with Crippen LogP contribution in [0.5, 0.6) is 0 Å². The number of carbonyl (C=O) groups excluding carboxylic acids is 1. The van der Waals surface area contributed by atoms with Crippen molar-refractivity contribution in [2.75, 3.05) is 6.54 Å². The number of halogens is 1. The molecule has 0 aliphatic carbocycles. The number of para-hydroxylation sites is 1. The van der Waals surface area contributed by atoms with Crippen LogP contribution in [0.4, 0.5) is 0 Å². The summed E-state index contributed by atoms with van der Waals surface area (Å²) in [4.78, 5) is 15.3. The zero-order valence-corrected chi connectivity index (χ0v) is 12.2. The minimum atomic E-state index is -0.0542. The maximum Gasteiger partial charge on any atom is 0.253 e. The predicted molar refractivity (Wildman–Crippen MR) is 85.8 cm³/mol. The lowest BCUT2D eigenvalue weighted by molar-refractivity contribution is 0.0956. The predicted octanol–water partition coefficient (Wildman–Crippen LogP) is 3.79. The first-order valence-electron chi connectivity index (χ1n) is 6.83. The Morgan fingerprint density at radius 2 is 1.86 bits per heavy atom. The maximum absolute atomic E-state index is 12.2. The van der Waals surface area contributed by atoms with E-state index < -0.39 is 0 Å². The van der Waals surface area contributed by atoms with E-state index in [0.29, 0.717) is 12.1 Å². The topological polar surface area (TPSA) is 44.9 Å². The molecule has 0 aliphatic rings. The molecule has 3 nitrogen and oxygen atoms in total. The second-order valence-electron chi connectivity index (χ2n) is 4.88. The summed E-state index contributed by atoms with van der Waals surface area (Å²) in [7, 11) is 0. The summed E-state index contributed by atoms with van der Waals surface area (Å²) in [5, 5.41) is 4.62. The van der Waals surface area contributed by atoms with Gasteiger partial charge in [0.1, 0.15) is 0 Å². The van der Waals surface area contributed by atoms with Gasteiger partial charge in [-0.15, -0.1) is 0 Å². The normalized spacial score (nSPS) is 10.7. The Labute approximate surface area is 127 Å². The lowest BCUT2D eigenvalue weighted by Gasteiger charge is -2.05. The second-order valence-corrected chi connectivity index (χ2v) is 5.32. The number of hydrogen-bond donors (Lipinski definition) is 2. The smallest absolute Gasteiger partial charge is 0.253 e. The standard InChI is InChI=1S/C17H15ClN2O/c18-13-7-5-12(6-8-13)9-10-19-17(21)15-11-20-16-4-2-1-3-14(15)16/h1-8,11,20H,9-10H2,(H,19,21). The first-order chi connectivity index (χ1) is 10.2. The van der Waals surface area contributed by atoms with Crippen molar-refractivity contribution in [2.45, 2.75) is 6.42 Å². The summed E-state index contributed by atoms with van der Waals surface area (Å²) in [5.74, 6) is -0.0542. The number of benzene rings is 2. The van der Waals surface area contributed by atoms with Crippen molar-refractivity contribution in [2.24, 2.45) is 0 Å². The van der Waals surface area contributed by atoms with Crippen molar-refractivity contribution >= 4 is 28.4 Å². The van der Waals surface area contributed by atoms with Crippen molar-refractivity contribution in [3.05, 3.63) is 70.9 Å². The van der Waals surface area contributed by atoms with Gasteiger partial charge in [0, 0.05) is 28.7 Å². The van der Waals surface area contributed by atoms with Crippen LogP contribution in [0.2, 0.25) is 5.02 Å². The lowest BCUT2D eigenvalue weighted by atomic mass is 10.1. The van der Waals surface area contributed by atoms with Gasteiger partial charge in [0.2, 0.25) is 0 Å². The van der Waals surface area contributed by atoms with Crippen molar-refractivity contribution < 1.29 is 4.79 Å². The first kappa shape index (κ1) is 13.7. The molecule has 1 amide bonds. The van der Waals surface area contributed by atoms with Gasteiger partial charge in [-0.2, -0.15) is 0 Å². The largest absolute Gasteiger partial charge is 0.360 e. The molecule has 0 atom stereocenters. The Kier molecular flexibility index (Phi) is 3.93. The van der Waals surface area contributed by atoms with Gasteiger partial charge in [-0.05, 0) is 30.2 Å². The van der Waals surface area contributed by atoms with Gasteiger partial charge in [0.15, 0.2) is 0 Å². The third kappa shape index (κ3) is 3.09. The van der Waals surface area contributed by atoms with Crippen LogP contribution in [-0.2, 0) is 6.42 Å². The monoisotopic (exact) mass is 298 g/mol. The van der Waals surface area contributed by atoms with Crippen molar-refractivity contribution in [1.29, 1.82) is 0 Å². The first-order valence-corrected chi connectivity index (χ1v) is 7.20. The fourth-order valence-electron chi connectivity index (χ4n) is 2.33. The van der Waals surface area contributed by atoms with E-state index >= 15 is 0 Å². The molecule has 0 unspecified atom stereocenters. The summed E-state index contributed by atoms with van der Waals surface area (Å²) >= 11 is 5.85. The third-order valence-electron chi connectivity index (χ3n) is 3.45. The van der Waals surface area contributed by atoms with Crippen LogP contribution >= 0.6 is 11.6 Å². The van der Waals surface area contributed by atoms with Crippen LogP contribution in [-0.4, -0.2) is 17.4 Å². The highest BCUT2D eigenvalue weighted by molar-refractivity contribution is 6.30. The number of fused-ring (bicyclic) bond motifs is 1. The number of hydrogen-bond acceptors (Lipinski definition) is 1. The van der Waals surface area contributed by atoms with E-state index in [9.17, 15) is 4.79 Å². The molecular formula is C17H15ClN2O. The minimum Gasteiger partial charge on any atom is -0.360 e. The highest BCUT2D eigenvalue weighted by Gasteiger charge is 2.10. The molecule has 0 bridgehead atoms. The fourth-order valence-corrected chi connectivity index (χ4v) is 2.45. The van der Waals surface area contributed by atoms with Gasteiger partial charge < -0.3 is 10.3 Å². The molecule has 2 aromatic carbocycles. The molecule has 106 valence electrons. The second kappa shape index (κ2) is 6.02. The molecule has 0 saturated heterocycles. The molecule has 2 N–H and O–H groups in total. The van der Waals surface area contributed by atoms with Crippen LogP contribution in [0, 0.1) is 0 Å². The summed E-state index contributed by atoms with van der Waals surface area (Å²) in [6.07, 6.45) is 2.54. The van der Waals surface area contributed by atoms with Crippen molar-refractivity contribution in [3.8, 4) is 0 Å². The highest BCUT2D eigenvalue weighted by atomic mass is 35.5. The molecule has 1 aromatic heterocycles. The van der Waals surface area contributed by atoms with Crippen molar-refractivity contribution in [1.82, 2.24) is 10.3 Å². The Balaban J connectivity index is 1.63. The Morgan fingerprint density at radius 3 is 2.67 bits per heavy atom.